The Balaban J connectivity index is 0.000000878. The molecular formula is C20H17Cl2F2FeN3. The first-order valence-corrected chi connectivity index (χ1v) is 11.1. The van der Waals surface area contributed by atoms with Crippen molar-refractivity contribution in [2.45, 2.75) is 13.8 Å². The molecule has 2 aromatic carbocycles. The summed E-state index contributed by atoms with van der Waals surface area (Å²) in [6.07, 6.45) is 0. The van der Waals surface area contributed by atoms with Crippen LogP contribution in [0.5, 0.6) is 0 Å². The molecule has 28 heavy (non-hydrogen) atoms. The number of nitrogens with zero attached hydrogens (tertiary/aromatic N) is 2. The van der Waals surface area contributed by atoms with Crippen LogP contribution in [0.15, 0.2) is 70.6 Å². The van der Waals surface area contributed by atoms with Gasteiger partial charge in [-0.1, -0.05) is 24.3 Å². The maximum absolute atomic E-state index is 13.7. The van der Waals surface area contributed by atoms with Gasteiger partial charge < -0.3 is 4.98 Å². The van der Waals surface area contributed by atoms with Crippen molar-refractivity contribution < 1.29 is 21.9 Å². The summed E-state index contributed by atoms with van der Waals surface area (Å²) in [6, 6.07) is 16.4. The van der Waals surface area contributed by atoms with Gasteiger partial charge in [0.2, 0.25) is 0 Å². The Bertz CT molecular complexity index is 911. The summed E-state index contributed by atoms with van der Waals surface area (Å²) in [6.45, 7) is 3.59. The van der Waals surface area contributed by atoms with Crippen molar-refractivity contribution in [2.75, 3.05) is 0 Å². The van der Waals surface area contributed by atoms with E-state index >= 15 is 0 Å². The van der Waals surface area contributed by atoms with Crippen LogP contribution >= 0.6 is 20.2 Å². The number of hydrogen-bond donors (Lipinski definition) is 1. The molecule has 0 saturated heterocycles. The number of H-pyrrole nitrogens is 1. The molecule has 1 N–H and O–H groups in total. The maximum atomic E-state index is 13.7. The molecule has 148 valence electrons. The molecule has 3 rings (SSSR count). The van der Waals surface area contributed by atoms with Gasteiger partial charge in [-0.2, -0.15) is 0 Å². The van der Waals surface area contributed by atoms with E-state index in [-0.39, 0.29) is 36.1 Å². The number of aromatic amines is 1. The molecule has 3 aromatic rings. The van der Waals surface area contributed by atoms with Crippen molar-refractivity contribution in [1.82, 2.24) is 4.98 Å². The van der Waals surface area contributed by atoms with E-state index in [9.17, 15) is 8.78 Å². The van der Waals surface area contributed by atoms with Gasteiger partial charge in [0.15, 0.2) is 0 Å². The van der Waals surface area contributed by atoms with Gasteiger partial charge in [0.05, 0.1) is 34.2 Å². The standard InChI is InChI=1S/C20H17F2N3.2ClH.Fe/c1-13(23-19-9-5-3-7-15(19)21)17-11-12-18(25-17)14(2)24-20-10-6-4-8-16(20)22;;;/h3-12,25H,1-2H3;2*1H;/q;;;+2/p-2. The molecule has 1 aromatic heterocycles. The second kappa shape index (κ2) is 11.1. The van der Waals surface area contributed by atoms with Gasteiger partial charge in [-0.05, 0) is 50.2 Å². The van der Waals surface area contributed by atoms with E-state index in [2.05, 4.69) is 15.0 Å². The first-order valence-electron chi connectivity index (χ1n) is 8.11. The minimum atomic E-state index is -0.370. The Labute approximate surface area is 177 Å². The van der Waals surface area contributed by atoms with Crippen LogP contribution in [0.3, 0.4) is 0 Å². The summed E-state index contributed by atoms with van der Waals surface area (Å²) in [7, 11) is 9.53. The summed E-state index contributed by atoms with van der Waals surface area (Å²) in [5.41, 5.74) is 3.37. The number of para-hydroxylation sites is 2. The zero-order valence-electron chi connectivity index (χ0n) is 15.0. The molecule has 3 nitrogen and oxygen atoms in total. The van der Waals surface area contributed by atoms with E-state index in [1.165, 1.54) is 12.1 Å². The van der Waals surface area contributed by atoms with E-state index in [0.717, 1.165) is 11.4 Å². The monoisotopic (exact) mass is 463 g/mol. The number of aliphatic imine (C=N–C) groups is 2. The molecule has 0 aliphatic carbocycles. The molecule has 0 saturated carbocycles. The molecule has 0 fully saturated rings. The van der Waals surface area contributed by atoms with Gasteiger partial charge in [0, 0.05) is 0 Å². The SMILES string of the molecule is CC(=Nc1ccccc1F)c1ccc(C(C)=Nc2ccccc2F)[nH]1.[Cl][Fe][Cl]. The Hall–Kier alpha value is -1.98. The number of rotatable bonds is 4. The van der Waals surface area contributed by atoms with E-state index in [4.69, 9.17) is 20.2 Å². The number of halogens is 4. The quantitative estimate of drug-likeness (QED) is 0.321. The van der Waals surface area contributed by atoms with Gasteiger partial charge in [0.25, 0.3) is 0 Å². The van der Waals surface area contributed by atoms with Crippen LogP contribution in [-0.2, 0) is 13.1 Å². The zero-order chi connectivity index (χ0) is 20.5. The zero-order valence-corrected chi connectivity index (χ0v) is 17.6. The molecule has 0 unspecified atom stereocenters. The second-order valence-electron chi connectivity index (χ2n) is 5.63. The molecule has 0 radical (unpaired) electrons. The van der Waals surface area contributed by atoms with Gasteiger partial charge in [-0.15, -0.1) is 0 Å². The third-order valence-corrected chi connectivity index (χ3v) is 3.75. The molecular weight excluding hydrogens is 447 g/mol. The second-order valence-corrected chi connectivity index (χ2v) is 7.46. The van der Waals surface area contributed by atoms with Crippen molar-refractivity contribution >= 4 is 43.0 Å². The van der Waals surface area contributed by atoms with Crippen molar-refractivity contribution in [2.24, 2.45) is 9.98 Å². The van der Waals surface area contributed by atoms with Crippen LogP contribution < -0.4 is 0 Å². The van der Waals surface area contributed by atoms with Gasteiger partial charge in [0.1, 0.15) is 11.6 Å². The fourth-order valence-electron chi connectivity index (χ4n) is 2.38. The average molecular weight is 464 g/mol. The Kier molecular flexibility index (Phi) is 8.86. The number of nitrogens with one attached hydrogen (secondary N) is 1. The summed E-state index contributed by atoms with van der Waals surface area (Å²) in [5, 5.41) is 0. The molecule has 8 heteroatoms. The average Bonchev–Trinajstić information content (AvgIpc) is 3.17. The van der Waals surface area contributed by atoms with Gasteiger partial charge >= 0.3 is 33.3 Å². The molecule has 0 atom stereocenters. The Morgan fingerprint density at radius 1 is 0.750 bits per heavy atom. The first kappa shape index (κ1) is 22.3. The van der Waals surface area contributed by atoms with Crippen molar-refractivity contribution in [3.8, 4) is 0 Å². The topological polar surface area (TPSA) is 40.5 Å². The number of benzene rings is 2. The number of aromatic nitrogens is 1. The summed E-state index contributed by atoms with van der Waals surface area (Å²) < 4.78 is 27.4. The van der Waals surface area contributed by atoms with Crippen molar-refractivity contribution in [1.29, 1.82) is 0 Å². The predicted molar refractivity (Wildman–Crippen MR) is 109 cm³/mol. The van der Waals surface area contributed by atoms with E-state index < -0.39 is 0 Å². The third kappa shape index (κ3) is 6.28. The third-order valence-electron chi connectivity index (χ3n) is 3.75. The van der Waals surface area contributed by atoms with E-state index in [0.29, 0.717) is 11.4 Å². The van der Waals surface area contributed by atoms with Crippen molar-refractivity contribution in [3.05, 3.63) is 83.7 Å². The van der Waals surface area contributed by atoms with Crippen LogP contribution in [0, 0.1) is 11.6 Å². The molecule has 0 bridgehead atoms. The van der Waals surface area contributed by atoms with E-state index in [1.54, 1.807) is 50.2 Å². The first-order chi connectivity index (χ1) is 13.5. The van der Waals surface area contributed by atoms with Gasteiger partial charge in [-0.3, -0.25) is 0 Å². The molecule has 0 aliphatic rings. The summed E-state index contributed by atoms with van der Waals surface area (Å²) >= 11 is 0.194. The molecule has 0 aliphatic heterocycles. The molecule has 0 amide bonds. The van der Waals surface area contributed by atoms with Crippen LogP contribution in [0.25, 0.3) is 0 Å². The van der Waals surface area contributed by atoms with Crippen LogP contribution in [-0.4, -0.2) is 16.4 Å². The van der Waals surface area contributed by atoms with Gasteiger partial charge in [-0.25, -0.2) is 18.8 Å². The Morgan fingerprint density at radius 3 is 1.46 bits per heavy atom. The normalized spacial score (nSPS) is 11.9. The van der Waals surface area contributed by atoms with Crippen LogP contribution in [0.4, 0.5) is 20.2 Å². The molecule has 0 spiro atoms. The van der Waals surface area contributed by atoms with Crippen LogP contribution in [0.2, 0.25) is 0 Å². The van der Waals surface area contributed by atoms with Crippen molar-refractivity contribution in [3.63, 3.8) is 0 Å². The fourth-order valence-corrected chi connectivity index (χ4v) is 2.38. The Morgan fingerprint density at radius 2 is 1.11 bits per heavy atom. The number of hydrogen-bond acceptors (Lipinski definition) is 2. The minimum absolute atomic E-state index is 0.194. The summed E-state index contributed by atoms with van der Waals surface area (Å²) in [5.74, 6) is -0.739. The van der Waals surface area contributed by atoms with E-state index in [1.807, 2.05) is 12.1 Å². The fraction of sp³-hybridized carbons (Fsp3) is 0.100. The predicted octanol–water partition coefficient (Wildman–Crippen LogP) is 6.95. The summed E-state index contributed by atoms with van der Waals surface area (Å²) in [4.78, 5) is 11.8. The van der Waals surface area contributed by atoms with Crippen LogP contribution in [0.1, 0.15) is 25.2 Å². The molecule has 1 heterocycles.